The summed E-state index contributed by atoms with van der Waals surface area (Å²) in [5, 5.41) is 90.8. The Bertz CT molecular complexity index is 1050. The van der Waals surface area contributed by atoms with Crippen molar-refractivity contribution in [2.24, 2.45) is 5.92 Å². The Balaban J connectivity index is 1.49. The van der Waals surface area contributed by atoms with Gasteiger partial charge in [0.1, 0.15) is 54.9 Å². The number of hydrogen-bond donors (Lipinski definition) is 11. The summed E-state index contributed by atoms with van der Waals surface area (Å²) in [6, 6.07) is -2.46. The summed E-state index contributed by atoms with van der Waals surface area (Å²) in [6.07, 6.45) is -17.2. The van der Waals surface area contributed by atoms with Gasteiger partial charge in [0.15, 0.2) is 0 Å². The lowest BCUT2D eigenvalue weighted by atomic mass is 9.84. The van der Waals surface area contributed by atoms with E-state index in [0.717, 1.165) is 6.08 Å². The topological polar surface area (TPSA) is 294 Å². The molecule has 4 heterocycles. The van der Waals surface area contributed by atoms with Crippen LogP contribution < -0.4 is 16.0 Å². The second-order valence-corrected chi connectivity index (χ2v) is 11.0. The molecular weight excluding hydrogens is 582 g/mol. The van der Waals surface area contributed by atoms with Crippen molar-refractivity contribution in [3.8, 4) is 0 Å². The second-order valence-electron chi connectivity index (χ2n) is 11.0. The van der Waals surface area contributed by atoms with E-state index in [0.29, 0.717) is 0 Å². The lowest BCUT2D eigenvalue weighted by Gasteiger charge is -2.47. The standard InChI is InChI=1S/C25H37N3O15/c29-5-13-18(35)20(37)16(27-7-31)11(42-13)4-10-15(26-6-30)19(36)17(34)12(41-10)3-9(32)24-22(39)21(38)23(43-24)8-1-2-14(33)28-25(8)40/h1-2,6-13,15-24,29,32,34-39H,3-5H2,(H,26,30)(H,27,31)(H,28,33,40)/t8?,9-,10+,11-,12-,13+,15?,16?,17?,18?,19?,20?,21-,22+,23+,24+/m1/s1. The second kappa shape index (κ2) is 14.0. The molecule has 0 aromatic rings. The van der Waals surface area contributed by atoms with Crippen LogP contribution in [0.15, 0.2) is 12.2 Å². The molecular formula is C25H37N3O15. The van der Waals surface area contributed by atoms with Crippen molar-refractivity contribution >= 4 is 24.6 Å². The van der Waals surface area contributed by atoms with Crippen molar-refractivity contribution in [3.05, 3.63) is 12.2 Å². The van der Waals surface area contributed by atoms with E-state index in [1.807, 2.05) is 5.32 Å². The Morgan fingerprint density at radius 2 is 1.35 bits per heavy atom. The van der Waals surface area contributed by atoms with E-state index in [9.17, 15) is 60.0 Å². The Morgan fingerprint density at radius 1 is 0.791 bits per heavy atom. The lowest BCUT2D eigenvalue weighted by Crippen LogP contribution is -2.67. The van der Waals surface area contributed by atoms with E-state index in [-0.39, 0.29) is 19.2 Å². The first-order valence-corrected chi connectivity index (χ1v) is 13.7. The number of imide groups is 1. The molecule has 18 heteroatoms. The zero-order chi connectivity index (χ0) is 31.6. The minimum absolute atomic E-state index is 0.248. The molecule has 16 atom stereocenters. The Morgan fingerprint density at radius 3 is 1.88 bits per heavy atom. The summed E-state index contributed by atoms with van der Waals surface area (Å²) in [5.41, 5.74) is 0. The fourth-order valence-electron chi connectivity index (χ4n) is 6.13. The van der Waals surface area contributed by atoms with Crippen molar-refractivity contribution in [2.75, 3.05) is 6.61 Å². The van der Waals surface area contributed by atoms with Crippen molar-refractivity contribution in [2.45, 2.75) is 104 Å². The summed E-state index contributed by atoms with van der Waals surface area (Å²) >= 11 is 0. The van der Waals surface area contributed by atoms with Crippen LogP contribution in [0.3, 0.4) is 0 Å². The largest absolute Gasteiger partial charge is 0.394 e. The van der Waals surface area contributed by atoms with E-state index >= 15 is 0 Å². The van der Waals surface area contributed by atoms with Crippen LogP contribution in [-0.2, 0) is 33.4 Å². The van der Waals surface area contributed by atoms with Crippen LogP contribution in [0, 0.1) is 5.92 Å². The van der Waals surface area contributed by atoms with Crippen molar-refractivity contribution in [1.29, 1.82) is 0 Å². The highest BCUT2D eigenvalue weighted by atomic mass is 16.6. The van der Waals surface area contributed by atoms with E-state index < -0.39 is 122 Å². The van der Waals surface area contributed by atoms with E-state index in [2.05, 4.69) is 10.6 Å². The molecule has 4 aliphatic heterocycles. The predicted molar refractivity (Wildman–Crippen MR) is 136 cm³/mol. The number of ether oxygens (including phenoxy) is 3. The van der Waals surface area contributed by atoms with Gasteiger partial charge in [0.2, 0.25) is 24.6 Å². The average Bonchev–Trinajstić information content (AvgIpc) is 3.26. The third-order valence-corrected chi connectivity index (χ3v) is 8.41. The highest BCUT2D eigenvalue weighted by Crippen LogP contribution is 2.35. The smallest absolute Gasteiger partial charge is 0.250 e. The first-order valence-electron chi connectivity index (χ1n) is 13.7. The van der Waals surface area contributed by atoms with Gasteiger partial charge in [-0.3, -0.25) is 24.5 Å². The third kappa shape index (κ3) is 6.74. The highest BCUT2D eigenvalue weighted by molar-refractivity contribution is 6.05. The number of carbonyl (C=O) groups is 4. The number of nitrogens with one attached hydrogen (secondary N) is 3. The predicted octanol–water partition coefficient (Wildman–Crippen LogP) is -7.35. The van der Waals surface area contributed by atoms with Crippen molar-refractivity contribution in [3.63, 3.8) is 0 Å². The average molecular weight is 620 g/mol. The van der Waals surface area contributed by atoms with E-state index in [1.54, 1.807) is 0 Å². The van der Waals surface area contributed by atoms with Gasteiger partial charge in [0.25, 0.3) is 0 Å². The molecule has 0 radical (unpaired) electrons. The molecule has 3 fully saturated rings. The molecule has 0 aromatic heterocycles. The molecule has 0 saturated carbocycles. The molecule has 0 bridgehead atoms. The van der Waals surface area contributed by atoms with Gasteiger partial charge in [-0.05, 0) is 0 Å². The molecule has 3 saturated heterocycles. The number of aliphatic hydroxyl groups is 8. The first-order chi connectivity index (χ1) is 20.4. The quantitative estimate of drug-likeness (QED) is 0.0756. The highest BCUT2D eigenvalue weighted by Gasteiger charge is 2.53. The monoisotopic (exact) mass is 619 g/mol. The van der Waals surface area contributed by atoms with Crippen LogP contribution in [0.2, 0.25) is 0 Å². The third-order valence-electron chi connectivity index (χ3n) is 8.41. The first kappa shape index (κ1) is 33.3. The van der Waals surface area contributed by atoms with Crippen LogP contribution in [0.25, 0.3) is 0 Å². The van der Waals surface area contributed by atoms with Crippen LogP contribution in [0.1, 0.15) is 12.8 Å². The maximum absolute atomic E-state index is 12.2. The minimum atomic E-state index is -1.70. The number of amides is 4. The molecule has 43 heavy (non-hydrogen) atoms. The van der Waals surface area contributed by atoms with Crippen LogP contribution >= 0.6 is 0 Å². The van der Waals surface area contributed by atoms with Gasteiger partial charge >= 0.3 is 0 Å². The SMILES string of the molecule is O=CNC1C(O)C(O)[C@@H](C[C@@H](O)[C@@H]2O[C@@H](C3C=CC(=O)NC3=O)[C@H](O)[C@@H]2O)O[C@H]1C[C@H]1O[C@@H](CO)C(O)C(O)C1NC=O. The molecule has 4 aliphatic rings. The van der Waals surface area contributed by atoms with Crippen LogP contribution in [0.4, 0.5) is 0 Å². The van der Waals surface area contributed by atoms with Gasteiger partial charge in [-0.1, -0.05) is 6.08 Å². The summed E-state index contributed by atoms with van der Waals surface area (Å²) in [4.78, 5) is 46.1. The van der Waals surface area contributed by atoms with E-state index in [1.165, 1.54) is 6.08 Å². The molecule has 0 spiro atoms. The summed E-state index contributed by atoms with van der Waals surface area (Å²) in [5.74, 6) is -2.61. The number of carbonyl (C=O) groups excluding carboxylic acids is 4. The zero-order valence-electron chi connectivity index (χ0n) is 22.6. The van der Waals surface area contributed by atoms with Gasteiger partial charge < -0.3 is 65.7 Å². The molecule has 0 aliphatic carbocycles. The van der Waals surface area contributed by atoms with Crippen molar-refractivity contribution in [1.82, 2.24) is 16.0 Å². The minimum Gasteiger partial charge on any atom is -0.394 e. The van der Waals surface area contributed by atoms with E-state index in [4.69, 9.17) is 14.2 Å². The Kier molecular flexibility index (Phi) is 10.8. The number of aliphatic hydroxyl groups excluding tert-OH is 8. The Hall–Kier alpha value is -2.62. The van der Waals surface area contributed by atoms with Gasteiger partial charge in [0.05, 0.1) is 49.0 Å². The van der Waals surface area contributed by atoms with Gasteiger partial charge in [-0.25, -0.2) is 0 Å². The number of hydrogen-bond acceptors (Lipinski definition) is 15. The molecule has 7 unspecified atom stereocenters. The van der Waals surface area contributed by atoms with Crippen LogP contribution in [-0.4, -0.2) is 164 Å². The number of rotatable bonds is 11. The van der Waals surface area contributed by atoms with Gasteiger partial charge in [-0.2, -0.15) is 0 Å². The van der Waals surface area contributed by atoms with Gasteiger partial charge in [0, 0.05) is 18.9 Å². The lowest BCUT2D eigenvalue weighted by molar-refractivity contribution is -0.227. The maximum atomic E-state index is 12.2. The van der Waals surface area contributed by atoms with Crippen LogP contribution in [0.5, 0.6) is 0 Å². The summed E-state index contributed by atoms with van der Waals surface area (Å²) < 4.78 is 17.2. The molecule has 0 aromatic carbocycles. The normalized spacial score (nSPS) is 45.7. The summed E-state index contributed by atoms with van der Waals surface area (Å²) in [7, 11) is 0. The zero-order valence-corrected chi connectivity index (χ0v) is 22.6. The fourth-order valence-corrected chi connectivity index (χ4v) is 6.13. The molecule has 18 nitrogen and oxygen atoms in total. The maximum Gasteiger partial charge on any atom is 0.250 e. The molecule has 242 valence electrons. The molecule has 11 N–H and O–H groups in total. The fraction of sp³-hybridized carbons (Fsp3) is 0.760. The van der Waals surface area contributed by atoms with Crippen molar-refractivity contribution < 1.29 is 74.2 Å². The molecule has 4 rings (SSSR count). The Labute approximate surface area is 244 Å². The van der Waals surface area contributed by atoms with Gasteiger partial charge in [-0.15, -0.1) is 0 Å². The summed E-state index contributed by atoms with van der Waals surface area (Å²) in [6.45, 7) is -0.689. The molecule has 4 amide bonds.